The third-order valence-electron chi connectivity index (χ3n) is 3.54. The van der Waals surface area contributed by atoms with Gasteiger partial charge in [-0.2, -0.15) is 0 Å². The maximum atomic E-state index is 5.48. The summed E-state index contributed by atoms with van der Waals surface area (Å²) in [5.74, 6) is 0. The minimum atomic E-state index is 0.805. The average Bonchev–Trinajstić information content (AvgIpc) is 2.97. The van der Waals surface area contributed by atoms with Gasteiger partial charge in [0, 0.05) is 4.88 Å². The molecule has 1 N–H and O–H groups in total. The van der Waals surface area contributed by atoms with Crippen LogP contribution in [0.15, 0.2) is 29.6 Å². The SMILES string of the molecule is CCc1ccsc1Cn1c(=S)[nH]c2c(C)cccc21. The fourth-order valence-electron chi connectivity index (χ4n) is 2.44. The van der Waals surface area contributed by atoms with E-state index in [0.29, 0.717) is 0 Å². The number of hydrogen-bond acceptors (Lipinski definition) is 2. The third-order valence-corrected chi connectivity index (χ3v) is 4.81. The molecule has 0 spiro atoms. The maximum Gasteiger partial charge on any atom is 0.178 e. The molecule has 0 aliphatic heterocycles. The topological polar surface area (TPSA) is 20.7 Å². The van der Waals surface area contributed by atoms with Gasteiger partial charge in [0.1, 0.15) is 0 Å². The zero-order valence-electron chi connectivity index (χ0n) is 11.1. The van der Waals surface area contributed by atoms with Crippen molar-refractivity contribution in [1.82, 2.24) is 9.55 Å². The second-order valence-corrected chi connectivity index (χ2v) is 6.10. The van der Waals surface area contributed by atoms with Crippen molar-refractivity contribution >= 4 is 34.6 Å². The van der Waals surface area contributed by atoms with E-state index in [1.807, 2.05) is 11.3 Å². The summed E-state index contributed by atoms with van der Waals surface area (Å²) in [5.41, 5.74) is 5.01. The standard InChI is InChI=1S/C15H16N2S2/c1-3-11-7-8-19-13(11)9-17-12-6-4-5-10(2)14(12)16-15(17)18/h4-8H,3,9H2,1-2H3,(H,16,18). The molecule has 0 bridgehead atoms. The Morgan fingerprint density at radius 1 is 1.32 bits per heavy atom. The van der Waals surface area contributed by atoms with Crippen LogP contribution in [0.5, 0.6) is 0 Å². The van der Waals surface area contributed by atoms with Crippen LogP contribution in [0, 0.1) is 11.7 Å². The van der Waals surface area contributed by atoms with Gasteiger partial charge >= 0.3 is 0 Å². The Hall–Kier alpha value is -1.39. The number of para-hydroxylation sites is 1. The molecule has 0 radical (unpaired) electrons. The van der Waals surface area contributed by atoms with Gasteiger partial charge in [0.15, 0.2) is 4.77 Å². The molecule has 0 amide bonds. The minimum absolute atomic E-state index is 0.805. The van der Waals surface area contributed by atoms with Gasteiger partial charge in [-0.15, -0.1) is 11.3 Å². The zero-order chi connectivity index (χ0) is 13.4. The number of benzene rings is 1. The second kappa shape index (κ2) is 4.94. The van der Waals surface area contributed by atoms with Crippen LogP contribution in [0.2, 0.25) is 0 Å². The summed E-state index contributed by atoms with van der Waals surface area (Å²) in [6, 6.07) is 8.55. The Morgan fingerprint density at radius 2 is 2.16 bits per heavy atom. The molecule has 0 fully saturated rings. The van der Waals surface area contributed by atoms with Crippen molar-refractivity contribution in [3.05, 3.63) is 50.4 Å². The van der Waals surface area contributed by atoms with E-state index in [4.69, 9.17) is 12.2 Å². The van der Waals surface area contributed by atoms with Crippen LogP contribution in [0.3, 0.4) is 0 Å². The van der Waals surface area contributed by atoms with Gasteiger partial charge in [-0.1, -0.05) is 19.1 Å². The van der Waals surface area contributed by atoms with Gasteiger partial charge in [-0.3, -0.25) is 0 Å². The lowest BCUT2D eigenvalue weighted by atomic mass is 10.2. The average molecular weight is 288 g/mol. The number of thiophene rings is 1. The molecule has 0 saturated heterocycles. The molecule has 0 aliphatic rings. The van der Waals surface area contributed by atoms with Gasteiger partial charge in [-0.25, -0.2) is 0 Å². The number of aromatic amines is 1. The first-order chi connectivity index (χ1) is 9.20. The Bertz CT molecular complexity index is 777. The number of imidazole rings is 1. The van der Waals surface area contributed by atoms with Gasteiger partial charge in [0.05, 0.1) is 17.6 Å². The predicted octanol–water partition coefficient (Wildman–Crippen LogP) is 4.68. The van der Waals surface area contributed by atoms with Crippen molar-refractivity contribution in [3.63, 3.8) is 0 Å². The third kappa shape index (κ3) is 2.15. The number of nitrogens with one attached hydrogen (secondary N) is 1. The first-order valence-corrected chi connectivity index (χ1v) is 7.73. The van der Waals surface area contributed by atoms with Crippen molar-refractivity contribution < 1.29 is 0 Å². The van der Waals surface area contributed by atoms with E-state index in [1.165, 1.54) is 21.5 Å². The molecule has 2 heterocycles. The van der Waals surface area contributed by atoms with Crippen molar-refractivity contribution in [1.29, 1.82) is 0 Å². The maximum absolute atomic E-state index is 5.48. The molecule has 98 valence electrons. The summed E-state index contributed by atoms with van der Waals surface area (Å²) in [6.07, 6.45) is 1.08. The summed E-state index contributed by atoms with van der Waals surface area (Å²) in [5, 5.41) is 2.16. The number of aryl methyl sites for hydroxylation is 2. The Morgan fingerprint density at radius 3 is 2.95 bits per heavy atom. The number of rotatable bonds is 3. The van der Waals surface area contributed by atoms with Crippen molar-refractivity contribution in [2.45, 2.75) is 26.8 Å². The summed E-state index contributed by atoms with van der Waals surface area (Å²) >= 11 is 7.29. The fraction of sp³-hybridized carbons (Fsp3) is 0.267. The molecule has 19 heavy (non-hydrogen) atoms. The number of hydrogen-bond donors (Lipinski definition) is 1. The fourth-order valence-corrected chi connectivity index (χ4v) is 3.67. The molecule has 2 aromatic heterocycles. The molecule has 0 atom stereocenters. The number of H-pyrrole nitrogens is 1. The normalized spacial score (nSPS) is 11.3. The Labute approximate surface area is 121 Å². The number of fused-ring (bicyclic) bond motifs is 1. The highest BCUT2D eigenvalue weighted by Gasteiger charge is 2.09. The van der Waals surface area contributed by atoms with E-state index in [1.54, 1.807) is 0 Å². The summed E-state index contributed by atoms with van der Waals surface area (Å²) in [7, 11) is 0. The number of aromatic nitrogens is 2. The highest BCUT2D eigenvalue weighted by Crippen LogP contribution is 2.23. The molecular formula is C15H16N2S2. The van der Waals surface area contributed by atoms with E-state index in [9.17, 15) is 0 Å². The summed E-state index contributed by atoms with van der Waals surface area (Å²) in [4.78, 5) is 4.73. The first-order valence-electron chi connectivity index (χ1n) is 6.44. The first kappa shape index (κ1) is 12.6. The quantitative estimate of drug-likeness (QED) is 0.694. The largest absolute Gasteiger partial charge is 0.330 e. The van der Waals surface area contributed by atoms with E-state index in [-0.39, 0.29) is 0 Å². The summed E-state index contributed by atoms with van der Waals surface area (Å²) < 4.78 is 3.00. The Balaban J connectivity index is 2.13. The van der Waals surface area contributed by atoms with Gasteiger partial charge in [-0.05, 0) is 54.2 Å². The molecule has 0 aliphatic carbocycles. The minimum Gasteiger partial charge on any atom is -0.330 e. The van der Waals surface area contributed by atoms with Crippen molar-refractivity contribution in [3.8, 4) is 0 Å². The molecule has 1 aromatic carbocycles. The van der Waals surface area contributed by atoms with Crippen LogP contribution >= 0.6 is 23.6 Å². The molecule has 4 heteroatoms. The lowest BCUT2D eigenvalue weighted by Gasteiger charge is -2.05. The Kier molecular flexibility index (Phi) is 3.29. The lowest BCUT2D eigenvalue weighted by molar-refractivity contribution is 0.814. The summed E-state index contributed by atoms with van der Waals surface area (Å²) in [6.45, 7) is 5.17. The molecular weight excluding hydrogens is 272 g/mol. The smallest absolute Gasteiger partial charge is 0.178 e. The molecule has 2 nitrogen and oxygen atoms in total. The van der Waals surface area contributed by atoms with Crippen LogP contribution in [-0.4, -0.2) is 9.55 Å². The number of nitrogens with zero attached hydrogens (tertiary/aromatic N) is 1. The van der Waals surface area contributed by atoms with Gasteiger partial charge < -0.3 is 9.55 Å². The lowest BCUT2D eigenvalue weighted by Crippen LogP contribution is -2.00. The van der Waals surface area contributed by atoms with Crippen LogP contribution in [0.4, 0.5) is 0 Å². The van der Waals surface area contributed by atoms with Crippen LogP contribution in [-0.2, 0) is 13.0 Å². The molecule has 0 saturated carbocycles. The molecule has 0 unspecified atom stereocenters. The highest BCUT2D eigenvalue weighted by atomic mass is 32.1. The van der Waals surface area contributed by atoms with Crippen molar-refractivity contribution in [2.75, 3.05) is 0 Å². The monoisotopic (exact) mass is 288 g/mol. The van der Waals surface area contributed by atoms with Crippen LogP contribution in [0.25, 0.3) is 11.0 Å². The zero-order valence-corrected chi connectivity index (χ0v) is 12.7. The van der Waals surface area contributed by atoms with Crippen LogP contribution < -0.4 is 0 Å². The highest BCUT2D eigenvalue weighted by molar-refractivity contribution is 7.71. The van der Waals surface area contributed by atoms with Gasteiger partial charge in [0.2, 0.25) is 0 Å². The second-order valence-electron chi connectivity index (χ2n) is 4.71. The van der Waals surface area contributed by atoms with Crippen molar-refractivity contribution in [2.24, 2.45) is 0 Å². The van der Waals surface area contributed by atoms with E-state index in [0.717, 1.165) is 23.3 Å². The predicted molar refractivity (Wildman–Crippen MR) is 84.7 cm³/mol. The molecule has 3 rings (SSSR count). The van der Waals surface area contributed by atoms with Crippen LogP contribution in [0.1, 0.15) is 22.9 Å². The van der Waals surface area contributed by atoms with E-state index < -0.39 is 0 Å². The van der Waals surface area contributed by atoms with Gasteiger partial charge in [0.25, 0.3) is 0 Å². The van der Waals surface area contributed by atoms with E-state index in [2.05, 4.69) is 53.0 Å². The van der Waals surface area contributed by atoms with E-state index >= 15 is 0 Å². The molecule has 3 aromatic rings.